The highest BCUT2D eigenvalue weighted by atomic mass is 32.2. The molecule has 0 unspecified atom stereocenters. The van der Waals surface area contributed by atoms with Crippen LogP contribution in [0.3, 0.4) is 0 Å². The Kier molecular flexibility index (Phi) is 18.4. The highest BCUT2D eigenvalue weighted by molar-refractivity contribution is 7.90. The number of oxime groups is 1. The minimum atomic E-state index is -3.38. The van der Waals surface area contributed by atoms with Crippen molar-refractivity contribution in [1.29, 1.82) is 0 Å². The van der Waals surface area contributed by atoms with Crippen molar-refractivity contribution >= 4 is 38.9 Å². The van der Waals surface area contributed by atoms with Gasteiger partial charge in [-0.05, 0) is 84.0 Å². The largest absolute Gasteiger partial charge is 0.459 e. The zero-order valence-electron chi connectivity index (χ0n) is 41.1. The Morgan fingerprint density at radius 1 is 1.10 bits per heavy atom. The molecule has 19 nitrogen and oxygen atoms in total. The number of hydrogen-bond acceptors (Lipinski definition) is 17. The minimum absolute atomic E-state index is 0.0283. The van der Waals surface area contributed by atoms with Gasteiger partial charge in [-0.2, -0.15) is 0 Å². The van der Waals surface area contributed by atoms with Crippen molar-refractivity contribution in [3.8, 4) is 0 Å². The van der Waals surface area contributed by atoms with E-state index >= 15 is 0 Å². The summed E-state index contributed by atoms with van der Waals surface area (Å²) < 4.78 is 71.6. The van der Waals surface area contributed by atoms with Crippen LogP contribution in [0.4, 0.5) is 4.39 Å². The van der Waals surface area contributed by atoms with Gasteiger partial charge in [0, 0.05) is 55.9 Å². The van der Waals surface area contributed by atoms with Crippen molar-refractivity contribution < 1.29 is 66.3 Å². The maximum atomic E-state index is 14.6. The number of alkyl halides is 1. The number of ketones is 1. The maximum absolute atomic E-state index is 14.6. The smallest absolute Gasteiger partial charge is 0.316 e. The second-order valence-corrected chi connectivity index (χ2v) is 21.5. The van der Waals surface area contributed by atoms with Gasteiger partial charge >= 0.3 is 5.97 Å². The first kappa shape index (κ1) is 54.8. The molecule has 0 aliphatic carbocycles. The summed E-state index contributed by atoms with van der Waals surface area (Å²) in [4.78, 5) is 47.8. The number of likely N-dealkylation sites (N-methyl/N-ethyl adjacent to an activating group) is 1. The zero-order chi connectivity index (χ0) is 50.5. The van der Waals surface area contributed by atoms with Crippen LogP contribution in [0.1, 0.15) is 98.9 Å². The second kappa shape index (κ2) is 22.8. The van der Waals surface area contributed by atoms with Gasteiger partial charge in [0.2, 0.25) is 5.91 Å². The van der Waals surface area contributed by atoms with Crippen LogP contribution in [0.15, 0.2) is 45.5 Å². The number of nitrogens with zero attached hydrogens (tertiary/aromatic N) is 6. The molecule has 4 heterocycles. The number of carbonyl (C=O) groups is 3. The first-order valence-corrected chi connectivity index (χ1v) is 25.2. The normalized spacial score (nSPS) is 35.4. The summed E-state index contributed by atoms with van der Waals surface area (Å²) in [5.41, 5.74) is -1.71. The lowest BCUT2D eigenvalue weighted by Gasteiger charge is -2.48. The predicted octanol–water partition coefficient (Wildman–Crippen LogP) is 3.74. The minimum Gasteiger partial charge on any atom is -0.459 e. The van der Waals surface area contributed by atoms with Gasteiger partial charge in [0.05, 0.1) is 53.8 Å². The molecule has 5 rings (SSSR count). The van der Waals surface area contributed by atoms with Crippen molar-refractivity contribution in [2.75, 3.05) is 39.7 Å². The molecule has 3 saturated heterocycles. The number of fused-ring (bicyclic) bond motifs is 5. The van der Waals surface area contributed by atoms with Gasteiger partial charge < -0.3 is 44.0 Å². The molecule has 2 aromatic rings. The van der Waals surface area contributed by atoms with Gasteiger partial charge in [0.25, 0.3) is 0 Å². The van der Waals surface area contributed by atoms with E-state index in [1.165, 1.54) is 37.6 Å². The van der Waals surface area contributed by atoms with E-state index in [4.69, 9.17) is 23.7 Å². The molecule has 68 heavy (non-hydrogen) atoms. The maximum Gasteiger partial charge on any atom is 0.316 e. The number of hydrogen-bond donors (Lipinski definition) is 3. The molecule has 14 atom stereocenters. The number of aliphatic hydroxyl groups excluding tert-OH is 1. The van der Waals surface area contributed by atoms with Crippen LogP contribution < -0.4 is 0 Å². The van der Waals surface area contributed by atoms with Crippen LogP contribution in [-0.2, 0) is 60.7 Å². The highest BCUT2D eigenvalue weighted by Gasteiger charge is 2.53. The topological polar surface area (TPSA) is 251 Å². The van der Waals surface area contributed by atoms with Crippen molar-refractivity contribution in [2.24, 2.45) is 33.8 Å². The lowest BCUT2D eigenvalue weighted by molar-refractivity contribution is -0.296. The summed E-state index contributed by atoms with van der Waals surface area (Å²) in [5, 5.41) is 46.5. The Morgan fingerprint density at radius 3 is 2.38 bits per heavy atom. The third kappa shape index (κ3) is 12.8. The van der Waals surface area contributed by atoms with Crippen LogP contribution in [-0.4, -0.2) is 167 Å². The Morgan fingerprint density at radius 2 is 1.78 bits per heavy atom. The highest BCUT2D eigenvalue weighted by Crippen LogP contribution is 2.40. The molecular formula is C47H71FN6O13S. The van der Waals surface area contributed by atoms with E-state index in [9.17, 15) is 42.6 Å². The van der Waals surface area contributed by atoms with Gasteiger partial charge in [-0.1, -0.05) is 50.2 Å². The van der Waals surface area contributed by atoms with Gasteiger partial charge in [-0.15, -0.1) is 5.10 Å². The Bertz CT molecular complexity index is 2240. The van der Waals surface area contributed by atoms with Crippen molar-refractivity contribution in [1.82, 2.24) is 19.9 Å². The first-order valence-electron chi connectivity index (χ1n) is 23.3. The molecule has 3 aliphatic heterocycles. The summed E-state index contributed by atoms with van der Waals surface area (Å²) in [6.07, 6.45) is -2.68. The van der Waals surface area contributed by atoms with Gasteiger partial charge in [0.1, 0.15) is 36.1 Å². The fourth-order valence-electron chi connectivity index (χ4n) is 9.96. The van der Waals surface area contributed by atoms with Crippen LogP contribution in [0, 0.1) is 23.7 Å². The number of aliphatic hydroxyl groups is 2. The second-order valence-electron chi connectivity index (χ2n) is 19.4. The molecular weight excluding hydrogens is 908 g/mol. The van der Waals surface area contributed by atoms with E-state index < -0.39 is 118 Å². The molecule has 0 saturated carbocycles. The number of aliphatic imine (C=N–C) groups is 1. The SMILES string of the molecule is CC[C@H]1OC(=O)[C@H](C)C(=O)[C@H](C)[C@@H](O[C@@H]2O[C@H](C)C[C@H](N(C)CCc3cn([C@H](CF)Cc4ccc(S(C)(=O)=O)cc4)nn3)[C@H]2O)[C@@]2(C)C[C@@H](C)C(=NC(C)=O)[C@H](C)[C@@H](OC/C(=N\O)CO2)[C@]1(C)O. The van der Waals surface area contributed by atoms with E-state index in [1.807, 2.05) is 25.8 Å². The molecule has 3 N–H and O–H groups in total. The number of rotatable bonds is 12. The van der Waals surface area contributed by atoms with Crippen molar-refractivity contribution in [3.63, 3.8) is 0 Å². The third-order valence-corrected chi connectivity index (χ3v) is 14.9. The Labute approximate surface area is 398 Å². The average molecular weight is 979 g/mol. The number of aromatic nitrogens is 3. The number of halogens is 1. The summed E-state index contributed by atoms with van der Waals surface area (Å²) in [6, 6.07) is 5.06. The van der Waals surface area contributed by atoms with E-state index in [-0.39, 0.29) is 43.1 Å². The molecule has 0 spiro atoms. The van der Waals surface area contributed by atoms with Crippen LogP contribution in [0.5, 0.6) is 0 Å². The van der Waals surface area contributed by atoms with Gasteiger partial charge in [-0.25, -0.2) is 22.5 Å². The number of Topliss-reactive ketones (excluding diaryl/α,β-unsaturated/α-hetero) is 1. The molecule has 2 bridgehead atoms. The molecule has 1 aromatic carbocycles. The number of cyclic esters (lactones) is 1. The monoisotopic (exact) mass is 978 g/mol. The van der Waals surface area contributed by atoms with Crippen LogP contribution in [0.2, 0.25) is 0 Å². The van der Waals surface area contributed by atoms with Gasteiger partial charge in [0.15, 0.2) is 21.9 Å². The molecule has 21 heteroatoms. The molecule has 1 amide bonds. The first-order chi connectivity index (χ1) is 31.8. The summed E-state index contributed by atoms with van der Waals surface area (Å²) in [5.74, 6) is -5.79. The summed E-state index contributed by atoms with van der Waals surface area (Å²) in [6.45, 7) is 13.6. The number of amides is 1. The number of sulfone groups is 1. The fourth-order valence-corrected chi connectivity index (χ4v) is 10.6. The van der Waals surface area contributed by atoms with E-state index in [0.29, 0.717) is 30.8 Å². The molecule has 3 fully saturated rings. The average Bonchev–Trinajstić information content (AvgIpc) is 3.76. The Hall–Kier alpha value is -4.09. The molecule has 1 aromatic heterocycles. The molecule has 3 aliphatic rings. The van der Waals surface area contributed by atoms with Crippen molar-refractivity contribution in [3.05, 3.63) is 41.7 Å². The lowest BCUT2D eigenvalue weighted by Crippen LogP contribution is -2.60. The zero-order valence-corrected chi connectivity index (χ0v) is 41.9. The summed E-state index contributed by atoms with van der Waals surface area (Å²) in [7, 11) is -1.55. The third-order valence-electron chi connectivity index (χ3n) is 13.8. The van der Waals surface area contributed by atoms with Gasteiger partial charge in [-0.3, -0.25) is 14.4 Å². The summed E-state index contributed by atoms with van der Waals surface area (Å²) >= 11 is 0. The van der Waals surface area contributed by atoms with E-state index in [1.54, 1.807) is 46.0 Å². The van der Waals surface area contributed by atoms with Crippen LogP contribution in [0.25, 0.3) is 0 Å². The van der Waals surface area contributed by atoms with Crippen LogP contribution >= 0.6 is 0 Å². The number of esters is 1. The number of ether oxygens (including phenoxy) is 5. The standard InChI is InChI=1S/C47H71FN6O13S/c1-12-38-47(9,59)43-28(4)39(49-31(7)55)26(2)21-46(8,64-25-34(51-60)24-63-43)42(29(5)40(56)30(6)44(58)66-38)67-45-41(57)37(19-27(3)65-45)53(10)18-17-33-23-54(52-50-33)35(22-48)20-32-13-15-36(16-14-32)68(11,61)62/h13-16,23,26-30,35,37-38,41-43,45,57,59-60H,12,17-22,24-25H2,1-11H3/b49-39?,51-34+/t26-,27-,28+,29+,30-,35+,37+,38-,41-,42-,43-,45+,46-,47-/m1/s1. The van der Waals surface area contributed by atoms with E-state index in [0.717, 1.165) is 11.8 Å². The van der Waals surface area contributed by atoms with E-state index in [2.05, 4.69) is 20.5 Å². The molecule has 0 radical (unpaired) electrons. The number of carbonyl (C=O) groups excluding carboxylic acids is 3. The fraction of sp³-hybridized carbons (Fsp3) is 0.723. The predicted molar refractivity (Wildman–Crippen MR) is 247 cm³/mol. The van der Waals surface area contributed by atoms with Crippen molar-refractivity contribution in [2.45, 2.75) is 159 Å². The number of benzene rings is 1. The Balaban J connectivity index is 1.44. The lowest BCUT2D eigenvalue weighted by atomic mass is 9.73. The quantitative estimate of drug-likeness (QED) is 0.119. The molecule has 380 valence electrons.